The number of anilines is 3. The zero-order valence-corrected chi connectivity index (χ0v) is 34.1. The highest BCUT2D eigenvalue weighted by Crippen LogP contribution is 2.35. The van der Waals surface area contributed by atoms with E-state index in [1.165, 1.54) is 19.4 Å². The number of nitrogens with one attached hydrogen (secondary N) is 2. The lowest BCUT2D eigenvalue weighted by Gasteiger charge is -2.37. The molecule has 3 aromatic carbocycles. The number of aryl methyl sites for hydroxylation is 2. The molecule has 2 aliphatic rings. The van der Waals surface area contributed by atoms with Crippen molar-refractivity contribution in [1.29, 1.82) is 0 Å². The van der Waals surface area contributed by atoms with Gasteiger partial charge in [-0.2, -0.15) is 4.98 Å². The first kappa shape index (κ1) is 41.3. The number of piperazine rings is 2. The molecule has 2 amide bonds. The molecule has 13 nitrogen and oxygen atoms in total. The van der Waals surface area contributed by atoms with Crippen LogP contribution in [0, 0.1) is 19.7 Å². The minimum absolute atomic E-state index is 0.0500. The van der Waals surface area contributed by atoms with Gasteiger partial charge >= 0.3 is 0 Å². The summed E-state index contributed by atoms with van der Waals surface area (Å²) in [6.07, 6.45) is 1.35. The normalized spacial score (nSPS) is 15.5. The summed E-state index contributed by atoms with van der Waals surface area (Å²) in [5.74, 6) is -0.473. The Morgan fingerprint density at radius 1 is 0.825 bits per heavy atom. The highest BCUT2D eigenvalue weighted by atomic mass is 19.1. The minimum Gasteiger partial charge on any atom is -0.493 e. The van der Waals surface area contributed by atoms with E-state index in [9.17, 15) is 9.59 Å². The molecule has 304 valence electrons. The fraction of sp³-hybridized carbons (Fsp3) is 0.442. The molecule has 0 aliphatic carbocycles. The van der Waals surface area contributed by atoms with Gasteiger partial charge in [-0.1, -0.05) is 18.2 Å². The first-order valence-electron chi connectivity index (χ1n) is 19.7. The molecule has 4 aromatic rings. The predicted octanol–water partition coefficient (Wildman–Crippen LogP) is 6.60. The van der Waals surface area contributed by atoms with Crippen LogP contribution < -0.4 is 24.8 Å². The molecule has 2 fully saturated rings. The molecule has 0 unspecified atom stereocenters. The largest absolute Gasteiger partial charge is 0.493 e. The summed E-state index contributed by atoms with van der Waals surface area (Å²) in [5, 5.41) is 6.00. The second-order valence-corrected chi connectivity index (χ2v) is 15.1. The lowest BCUT2D eigenvalue weighted by atomic mass is 10.1. The standard InChI is InChI=1S/C43H55FN8O5/c1-28(2)50-17-15-49(16-18-50)23-24-56-36-14-12-33(26-35(36)44)46-43-45-27-34(40(53)47-39-30(5)9-8-10-31(39)6)41(48-43)57-37-13-11-32(25-38(37)55-7)42(54)52-21-19-51(20-22-52)29(3)4/h8-14,25-29H,15-24H2,1-7H3,(H,47,53)(H,45,46,48). The van der Waals surface area contributed by atoms with Gasteiger partial charge < -0.3 is 29.7 Å². The number of benzene rings is 3. The van der Waals surface area contributed by atoms with E-state index < -0.39 is 11.7 Å². The Hall–Kier alpha value is -5.31. The molecule has 6 rings (SSSR count). The summed E-state index contributed by atoms with van der Waals surface area (Å²) >= 11 is 0. The van der Waals surface area contributed by atoms with Gasteiger partial charge in [0.2, 0.25) is 11.8 Å². The lowest BCUT2D eigenvalue weighted by molar-refractivity contribution is 0.0595. The Balaban J connectivity index is 1.19. The van der Waals surface area contributed by atoms with Crippen molar-refractivity contribution >= 4 is 29.1 Å². The van der Waals surface area contributed by atoms with E-state index in [0.29, 0.717) is 55.3 Å². The zero-order chi connectivity index (χ0) is 40.6. The molecule has 0 radical (unpaired) electrons. The summed E-state index contributed by atoms with van der Waals surface area (Å²) in [4.78, 5) is 45.2. The highest BCUT2D eigenvalue weighted by Gasteiger charge is 2.26. The quantitative estimate of drug-likeness (QED) is 0.144. The Labute approximate surface area is 335 Å². The summed E-state index contributed by atoms with van der Waals surface area (Å²) in [6, 6.07) is 16.2. The third-order valence-electron chi connectivity index (χ3n) is 10.7. The van der Waals surface area contributed by atoms with Crippen molar-refractivity contribution < 1.29 is 28.2 Å². The summed E-state index contributed by atoms with van der Waals surface area (Å²) in [6.45, 7) is 20.4. The van der Waals surface area contributed by atoms with Gasteiger partial charge in [-0.25, -0.2) is 9.37 Å². The van der Waals surface area contributed by atoms with Gasteiger partial charge in [-0.05, 0) is 83.0 Å². The highest BCUT2D eigenvalue weighted by molar-refractivity contribution is 6.06. The molecular weight excluding hydrogens is 728 g/mol. The Morgan fingerprint density at radius 2 is 1.47 bits per heavy atom. The van der Waals surface area contributed by atoms with Crippen LogP contribution in [0.1, 0.15) is 59.5 Å². The maximum Gasteiger partial charge on any atom is 0.262 e. The number of rotatable bonds is 14. The number of methoxy groups -OCH3 is 1. The van der Waals surface area contributed by atoms with Crippen molar-refractivity contribution in [3.05, 3.63) is 88.9 Å². The van der Waals surface area contributed by atoms with E-state index in [4.69, 9.17) is 14.2 Å². The first-order chi connectivity index (χ1) is 27.4. The van der Waals surface area contributed by atoms with E-state index >= 15 is 4.39 Å². The predicted molar refractivity (Wildman–Crippen MR) is 220 cm³/mol. The van der Waals surface area contributed by atoms with Gasteiger partial charge in [-0.15, -0.1) is 0 Å². The average molecular weight is 783 g/mol. The number of para-hydroxylation sites is 1. The molecule has 57 heavy (non-hydrogen) atoms. The van der Waals surface area contributed by atoms with Crippen molar-refractivity contribution in [3.63, 3.8) is 0 Å². The third kappa shape index (κ3) is 10.4. The van der Waals surface area contributed by atoms with Gasteiger partial charge in [0.1, 0.15) is 12.2 Å². The van der Waals surface area contributed by atoms with Gasteiger partial charge in [-0.3, -0.25) is 24.3 Å². The van der Waals surface area contributed by atoms with Crippen molar-refractivity contribution in [2.45, 2.75) is 53.6 Å². The van der Waals surface area contributed by atoms with Crippen LogP contribution >= 0.6 is 0 Å². The number of amides is 2. The molecule has 2 saturated heterocycles. The molecule has 2 N–H and O–H groups in total. The Bertz CT molecular complexity index is 2010. The number of hydrogen-bond acceptors (Lipinski definition) is 11. The molecule has 1 aromatic heterocycles. The number of hydrogen-bond donors (Lipinski definition) is 2. The van der Waals surface area contributed by atoms with E-state index in [1.807, 2.05) is 36.9 Å². The molecule has 0 saturated carbocycles. The fourth-order valence-electron chi connectivity index (χ4n) is 7.08. The molecule has 3 heterocycles. The topological polar surface area (TPSA) is 125 Å². The van der Waals surface area contributed by atoms with Gasteiger partial charge in [0, 0.05) is 100 Å². The van der Waals surface area contributed by atoms with E-state index in [2.05, 4.69) is 63.0 Å². The van der Waals surface area contributed by atoms with Crippen LogP contribution in [-0.4, -0.2) is 126 Å². The number of aromatic nitrogens is 2. The van der Waals surface area contributed by atoms with Crippen molar-refractivity contribution in [2.75, 3.05) is 83.3 Å². The molecule has 0 bridgehead atoms. The number of halogens is 1. The maximum atomic E-state index is 15.3. The lowest BCUT2D eigenvalue weighted by Crippen LogP contribution is -2.50. The SMILES string of the molecule is COc1cc(C(=O)N2CCN(C(C)C)CC2)ccc1Oc1nc(Nc2ccc(OCCN3CCN(C(C)C)CC3)c(F)c2)ncc1C(=O)Nc1c(C)cccc1C. The monoisotopic (exact) mass is 782 g/mol. The average Bonchev–Trinajstić information content (AvgIpc) is 3.20. The number of nitrogens with zero attached hydrogens (tertiary/aromatic N) is 6. The molecular formula is C43H55FN8O5. The smallest absolute Gasteiger partial charge is 0.262 e. The molecule has 0 spiro atoms. The van der Waals surface area contributed by atoms with Crippen molar-refractivity contribution in [3.8, 4) is 23.1 Å². The Kier molecular flexibility index (Phi) is 13.6. The van der Waals surface area contributed by atoms with Crippen LogP contribution in [0.5, 0.6) is 23.1 Å². The summed E-state index contributed by atoms with van der Waals surface area (Å²) in [7, 11) is 1.48. The van der Waals surface area contributed by atoms with E-state index in [0.717, 1.165) is 50.4 Å². The molecule has 0 atom stereocenters. The van der Waals surface area contributed by atoms with Gasteiger partial charge in [0.25, 0.3) is 11.8 Å². The molecule has 14 heteroatoms. The van der Waals surface area contributed by atoms with E-state index in [-0.39, 0.29) is 40.5 Å². The van der Waals surface area contributed by atoms with Crippen LogP contribution in [0.2, 0.25) is 0 Å². The minimum atomic E-state index is -0.535. The molecule has 2 aliphatic heterocycles. The van der Waals surface area contributed by atoms with E-state index in [1.54, 1.807) is 30.3 Å². The van der Waals surface area contributed by atoms with Crippen LogP contribution in [-0.2, 0) is 0 Å². The number of ether oxygens (including phenoxy) is 3. The van der Waals surface area contributed by atoms with Gasteiger partial charge in [0.05, 0.1) is 7.11 Å². The zero-order valence-electron chi connectivity index (χ0n) is 34.1. The van der Waals surface area contributed by atoms with Crippen molar-refractivity contribution in [1.82, 2.24) is 29.6 Å². The number of carbonyl (C=O) groups is 2. The number of carbonyl (C=O) groups excluding carboxylic acids is 2. The third-order valence-corrected chi connectivity index (χ3v) is 10.7. The fourth-order valence-corrected chi connectivity index (χ4v) is 7.08. The van der Waals surface area contributed by atoms with Crippen LogP contribution in [0.15, 0.2) is 60.8 Å². The van der Waals surface area contributed by atoms with Crippen LogP contribution in [0.3, 0.4) is 0 Å². The van der Waals surface area contributed by atoms with Crippen LogP contribution in [0.4, 0.5) is 21.7 Å². The first-order valence-corrected chi connectivity index (χ1v) is 19.7. The Morgan fingerprint density at radius 3 is 2.11 bits per heavy atom. The van der Waals surface area contributed by atoms with Crippen molar-refractivity contribution in [2.24, 2.45) is 0 Å². The van der Waals surface area contributed by atoms with Gasteiger partial charge in [0.15, 0.2) is 23.1 Å². The summed E-state index contributed by atoms with van der Waals surface area (Å²) < 4.78 is 33.0. The van der Waals surface area contributed by atoms with Crippen LogP contribution in [0.25, 0.3) is 0 Å². The second-order valence-electron chi connectivity index (χ2n) is 15.1. The second kappa shape index (κ2) is 18.8. The maximum absolute atomic E-state index is 15.3. The summed E-state index contributed by atoms with van der Waals surface area (Å²) in [5.41, 5.74) is 3.31.